The zero-order chi connectivity index (χ0) is 23.5. The number of carbonyl (C=O) groups is 2. The summed E-state index contributed by atoms with van der Waals surface area (Å²) in [6.45, 7) is 8.56. The molecular formula is C24H31N3O4S. The van der Waals surface area contributed by atoms with Crippen LogP contribution >= 0.6 is 12.2 Å². The Labute approximate surface area is 194 Å². The van der Waals surface area contributed by atoms with Crippen LogP contribution in [-0.2, 0) is 4.79 Å². The molecule has 2 aromatic carbocycles. The summed E-state index contributed by atoms with van der Waals surface area (Å²) >= 11 is 5.11. The van der Waals surface area contributed by atoms with Gasteiger partial charge in [0.1, 0.15) is 11.5 Å². The van der Waals surface area contributed by atoms with Crippen LogP contribution in [0.25, 0.3) is 0 Å². The van der Waals surface area contributed by atoms with Crippen LogP contribution in [0.3, 0.4) is 0 Å². The van der Waals surface area contributed by atoms with Crippen LogP contribution < -0.4 is 25.6 Å². The lowest BCUT2D eigenvalue weighted by Gasteiger charge is -2.16. The second kappa shape index (κ2) is 12.7. The summed E-state index contributed by atoms with van der Waals surface area (Å²) < 4.78 is 11.4. The second-order valence-electron chi connectivity index (χ2n) is 7.79. The number of hydrazine groups is 1. The smallest absolute Gasteiger partial charge is 0.276 e. The SMILES string of the molecule is CCC(C)c1ccccc1OCC(=O)NNC(=S)NC(=O)c1ccccc1OCC(C)C. The van der Waals surface area contributed by atoms with Gasteiger partial charge in [0, 0.05) is 0 Å². The van der Waals surface area contributed by atoms with Crippen LogP contribution in [0.2, 0.25) is 0 Å². The lowest BCUT2D eigenvalue weighted by atomic mass is 9.98. The van der Waals surface area contributed by atoms with E-state index in [2.05, 4.69) is 30.0 Å². The van der Waals surface area contributed by atoms with E-state index in [0.717, 1.165) is 12.0 Å². The average molecular weight is 458 g/mol. The molecule has 1 atom stereocenters. The van der Waals surface area contributed by atoms with Crippen molar-refractivity contribution in [3.05, 3.63) is 59.7 Å². The molecule has 7 nitrogen and oxygen atoms in total. The number of thiocarbonyl (C=S) groups is 1. The van der Waals surface area contributed by atoms with Crippen molar-refractivity contribution in [2.45, 2.75) is 40.0 Å². The molecule has 0 saturated heterocycles. The Morgan fingerprint density at radius 2 is 1.59 bits per heavy atom. The van der Waals surface area contributed by atoms with Gasteiger partial charge in [0.15, 0.2) is 11.7 Å². The molecule has 2 rings (SSSR count). The largest absolute Gasteiger partial charge is 0.492 e. The fourth-order valence-corrected chi connectivity index (χ4v) is 2.93. The summed E-state index contributed by atoms with van der Waals surface area (Å²) in [6, 6.07) is 14.6. The maximum absolute atomic E-state index is 12.5. The summed E-state index contributed by atoms with van der Waals surface area (Å²) in [6.07, 6.45) is 0.966. The van der Waals surface area contributed by atoms with E-state index in [0.29, 0.717) is 35.5 Å². The molecule has 2 amide bonds. The fourth-order valence-electron chi connectivity index (χ4n) is 2.78. The molecule has 8 heteroatoms. The van der Waals surface area contributed by atoms with Crippen molar-refractivity contribution >= 4 is 29.1 Å². The van der Waals surface area contributed by atoms with Gasteiger partial charge in [-0.25, -0.2) is 0 Å². The van der Waals surface area contributed by atoms with Crippen LogP contribution in [0.5, 0.6) is 11.5 Å². The first kappa shape index (κ1) is 25.1. The Hall–Kier alpha value is -3.13. The van der Waals surface area contributed by atoms with Gasteiger partial charge >= 0.3 is 0 Å². The Morgan fingerprint density at radius 1 is 0.938 bits per heavy atom. The molecule has 0 radical (unpaired) electrons. The molecule has 1 unspecified atom stereocenters. The van der Waals surface area contributed by atoms with E-state index in [1.165, 1.54) is 0 Å². The van der Waals surface area contributed by atoms with Gasteiger partial charge < -0.3 is 9.47 Å². The molecule has 0 heterocycles. The topological polar surface area (TPSA) is 88.7 Å². The molecule has 2 aromatic rings. The highest BCUT2D eigenvalue weighted by atomic mass is 32.1. The summed E-state index contributed by atoms with van der Waals surface area (Å²) in [5.74, 6) is 0.923. The van der Waals surface area contributed by atoms with Crippen molar-refractivity contribution in [1.29, 1.82) is 0 Å². The summed E-state index contributed by atoms with van der Waals surface area (Å²) in [4.78, 5) is 24.7. The fraction of sp³-hybridized carbons (Fsp3) is 0.375. The third kappa shape index (κ3) is 7.85. The van der Waals surface area contributed by atoms with Crippen molar-refractivity contribution in [3.63, 3.8) is 0 Å². The van der Waals surface area contributed by atoms with Gasteiger partial charge in [-0.3, -0.25) is 25.8 Å². The average Bonchev–Trinajstić information content (AvgIpc) is 2.79. The third-order valence-corrected chi connectivity index (χ3v) is 4.87. The number of hydrogen-bond acceptors (Lipinski definition) is 5. The van der Waals surface area contributed by atoms with Gasteiger partial charge in [-0.15, -0.1) is 0 Å². The van der Waals surface area contributed by atoms with Crippen molar-refractivity contribution in [2.75, 3.05) is 13.2 Å². The highest BCUT2D eigenvalue weighted by Gasteiger charge is 2.15. The number of hydrogen-bond donors (Lipinski definition) is 3. The molecule has 0 aliphatic carbocycles. The Bertz CT molecular complexity index is 933. The molecule has 32 heavy (non-hydrogen) atoms. The molecular weight excluding hydrogens is 426 g/mol. The molecule has 0 fully saturated rings. The maximum atomic E-state index is 12.5. The zero-order valence-electron chi connectivity index (χ0n) is 18.9. The first-order valence-electron chi connectivity index (χ1n) is 10.7. The maximum Gasteiger partial charge on any atom is 0.276 e. The number of para-hydroxylation sites is 2. The summed E-state index contributed by atoms with van der Waals surface area (Å²) in [5.41, 5.74) is 6.35. The predicted octanol–water partition coefficient (Wildman–Crippen LogP) is 3.95. The van der Waals surface area contributed by atoms with E-state index < -0.39 is 11.8 Å². The van der Waals surface area contributed by atoms with Gasteiger partial charge in [0.25, 0.3) is 11.8 Å². The highest BCUT2D eigenvalue weighted by Crippen LogP contribution is 2.28. The molecule has 0 aliphatic rings. The van der Waals surface area contributed by atoms with Gasteiger partial charge in [-0.05, 0) is 54.2 Å². The van der Waals surface area contributed by atoms with Crippen LogP contribution in [0.15, 0.2) is 48.5 Å². The third-order valence-electron chi connectivity index (χ3n) is 4.67. The number of rotatable bonds is 9. The minimum atomic E-state index is -0.435. The normalized spacial score (nSPS) is 11.4. The Morgan fingerprint density at radius 3 is 2.28 bits per heavy atom. The van der Waals surface area contributed by atoms with Crippen LogP contribution in [0.4, 0.5) is 0 Å². The zero-order valence-corrected chi connectivity index (χ0v) is 19.8. The predicted molar refractivity (Wildman–Crippen MR) is 129 cm³/mol. The van der Waals surface area contributed by atoms with Crippen LogP contribution in [-0.4, -0.2) is 30.1 Å². The highest BCUT2D eigenvalue weighted by molar-refractivity contribution is 7.80. The molecule has 0 aromatic heterocycles. The lowest BCUT2D eigenvalue weighted by Crippen LogP contribution is -2.49. The van der Waals surface area contributed by atoms with Crippen molar-refractivity contribution in [1.82, 2.24) is 16.2 Å². The second-order valence-corrected chi connectivity index (χ2v) is 8.20. The number of carbonyl (C=O) groups excluding carboxylic acids is 2. The number of nitrogens with one attached hydrogen (secondary N) is 3. The van der Waals surface area contributed by atoms with E-state index in [1.54, 1.807) is 24.3 Å². The number of benzene rings is 2. The van der Waals surface area contributed by atoms with Gasteiger partial charge in [-0.1, -0.05) is 58.0 Å². The van der Waals surface area contributed by atoms with Crippen molar-refractivity contribution in [2.24, 2.45) is 5.92 Å². The van der Waals surface area contributed by atoms with Gasteiger partial charge in [0.05, 0.1) is 12.2 Å². The van der Waals surface area contributed by atoms with E-state index in [9.17, 15) is 9.59 Å². The molecule has 3 N–H and O–H groups in total. The molecule has 0 saturated carbocycles. The molecule has 0 spiro atoms. The van der Waals surface area contributed by atoms with Crippen LogP contribution in [0.1, 0.15) is 56.0 Å². The van der Waals surface area contributed by atoms with Crippen molar-refractivity contribution in [3.8, 4) is 11.5 Å². The first-order valence-corrected chi connectivity index (χ1v) is 11.1. The summed E-state index contributed by atoms with van der Waals surface area (Å²) in [7, 11) is 0. The minimum absolute atomic E-state index is 0.0398. The quantitative estimate of drug-likeness (QED) is 0.390. The standard InChI is InChI=1S/C24H31N3O4S/c1-5-17(4)18-10-6-8-12-20(18)31-15-22(28)26-27-24(32)25-23(29)19-11-7-9-13-21(19)30-14-16(2)3/h6-13,16-17H,5,14-15H2,1-4H3,(H,26,28)(H2,25,27,29,32). The Kier molecular flexibility index (Phi) is 9.94. The van der Waals surface area contributed by atoms with E-state index >= 15 is 0 Å². The number of amides is 2. The Balaban J connectivity index is 1.84. The van der Waals surface area contributed by atoms with Crippen LogP contribution in [0, 0.1) is 5.92 Å². The number of ether oxygens (including phenoxy) is 2. The monoisotopic (exact) mass is 457 g/mol. The minimum Gasteiger partial charge on any atom is -0.492 e. The van der Waals surface area contributed by atoms with E-state index in [-0.39, 0.29) is 11.7 Å². The first-order chi connectivity index (χ1) is 15.3. The molecule has 172 valence electrons. The van der Waals surface area contributed by atoms with Crippen molar-refractivity contribution < 1.29 is 19.1 Å². The van der Waals surface area contributed by atoms with Gasteiger partial charge in [0.2, 0.25) is 0 Å². The lowest BCUT2D eigenvalue weighted by molar-refractivity contribution is -0.123. The van der Waals surface area contributed by atoms with Gasteiger partial charge in [-0.2, -0.15) is 0 Å². The molecule has 0 bridgehead atoms. The van der Waals surface area contributed by atoms with E-state index in [4.69, 9.17) is 21.7 Å². The molecule has 0 aliphatic heterocycles. The summed E-state index contributed by atoms with van der Waals surface area (Å²) in [5, 5.41) is 2.49. The van der Waals surface area contributed by atoms with E-state index in [1.807, 2.05) is 38.1 Å².